The predicted octanol–water partition coefficient (Wildman–Crippen LogP) is 5.26. The van der Waals surface area contributed by atoms with Gasteiger partial charge in [0.1, 0.15) is 6.61 Å². The number of nitrogens with zero attached hydrogens (tertiary/aromatic N) is 2. The molecule has 2 aromatic carbocycles. The first-order valence-electron chi connectivity index (χ1n) is 11.0. The standard InChI is InChI=1S/C25H30N2O2S/c1-3-26-10-8-20(9-11-26)27-12-13-29-25-19(16-27)14-18(15-23(25)28-2)22-17-30-24-7-5-4-6-21(22)24/h4-7,14-15,17,20H,3,8-13,16H2,1-2H3. The van der Waals surface area contributed by atoms with E-state index in [4.69, 9.17) is 9.47 Å². The van der Waals surface area contributed by atoms with Crippen LogP contribution in [-0.2, 0) is 6.54 Å². The van der Waals surface area contributed by atoms with Crippen molar-refractivity contribution in [3.8, 4) is 22.6 Å². The van der Waals surface area contributed by atoms with E-state index in [2.05, 4.69) is 58.5 Å². The zero-order chi connectivity index (χ0) is 20.5. The highest BCUT2D eigenvalue weighted by Crippen LogP contribution is 2.42. The smallest absolute Gasteiger partial charge is 0.165 e. The van der Waals surface area contributed by atoms with Crippen LogP contribution in [0.1, 0.15) is 25.3 Å². The fourth-order valence-electron chi connectivity index (χ4n) is 4.92. The highest BCUT2D eigenvalue weighted by molar-refractivity contribution is 7.17. The zero-order valence-electron chi connectivity index (χ0n) is 17.9. The van der Waals surface area contributed by atoms with E-state index in [0.29, 0.717) is 6.04 Å². The van der Waals surface area contributed by atoms with Crippen molar-refractivity contribution in [2.75, 3.05) is 39.9 Å². The maximum Gasteiger partial charge on any atom is 0.165 e. The molecule has 0 unspecified atom stereocenters. The SMILES string of the molecule is CCN1CCC(N2CCOc3c(cc(-c4csc5ccccc45)cc3OC)C2)CC1. The lowest BCUT2D eigenvalue weighted by Gasteiger charge is -2.37. The molecule has 158 valence electrons. The summed E-state index contributed by atoms with van der Waals surface area (Å²) < 4.78 is 13.3. The number of fused-ring (bicyclic) bond motifs is 2. The Kier molecular flexibility index (Phi) is 5.68. The topological polar surface area (TPSA) is 24.9 Å². The normalized spacial score (nSPS) is 18.7. The van der Waals surface area contributed by atoms with E-state index in [0.717, 1.165) is 37.7 Å². The molecule has 3 aromatic rings. The van der Waals surface area contributed by atoms with E-state index in [1.165, 1.54) is 52.7 Å². The summed E-state index contributed by atoms with van der Waals surface area (Å²) in [6.07, 6.45) is 2.49. The van der Waals surface area contributed by atoms with Crippen molar-refractivity contribution >= 4 is 21.4 Å². The van der Waals surface area contributed by atoms with Gasteiger partial charge in [-0.1, -0.05) is 25.1 Å². The van der Waals surface area contributed by atoms with Gasteiger partial charge in [0.15, 0.2) is 11.5 Å². The van der Waals surface area contributed by atoms with E-state index in [1.807, 2.05) is 0 Å². The van der Waals surface area contributed by atoms with Gasteiger partial charge in [0.2, 0.25) is 0 Å². The first-order valence-corrected chi connectivity index (χ1v) is 11.9. The van der Waals surface area contributed by atoms with Crippen LogP contribution in [0.4, 0.5) is 0 Å². The summed E-state index contributed by atoms with van der Waals surface area (Å²) in [5.74, 6) is 1.77. The third kappa shape index (κ3) is 3.70. The molecule has 0 radical (unpaired) electrons. The monoisotopic (exact) mass is 422 g/mol. The lowest BCUT2D eigenvalue weighted by Crippen LogP contribution is -2.45. The van der Waals surface area contributed by atoms with E-state index >= 15 is 0 Å². The number of likely N-dealkylation sites (tertiary alicyclic amines) is 1. The number of methoxy groups -OCH3 is 1. The van der Waals surface area contributed by atoms with Crippen LogP contribution in [0.2, 0.25) is 0 Å². The van der Waals surface area contributed by atoms with Gasteiger partial charge in [-0.3, -0.25) is 4.90 Å². The highest BCUT2D eigenvalue weighted by Gasteiger charge is 2.28. The third-order valence-corrected chi connectivity index (χ3v) is 7.63. The molecule has 5 heteroatoms. The molecule has 0 amide bonds. The molecule has 0 spiro atoms. The molecule has 2 aliphatic rings. The minimum atomic E-state index is 0.638. The maximum atomic E-state index is 6.22. The largest absolute Gasteiger partial charge is 0.493 e. The number of hydrogen-bond acceptors (Lipinski definition) is 5. The van der Waals surface area contributed by atoms with Gasteiger partial charge in [-0.15, -0.1) is 11.3 Å². The molecule has 30 heavy (non-hydrogen) atoms. The zero-order valence-corrected chi connectivity index (χ0v) is 18.7. The van der Waals surface area contributed by atoms with E-state index in [-0.39, 0.29) is 0 Å². The first-order chi connectivity index (χ1) is 14.8. The number of hydrogen-bond donors (Lipinski definition) is 0. The molecular weight excluding hydrogens is 392 g/mol. The molecule has 0 bridgehead atoms. The Morgan fingerprint density at radius 2 is 1.97 bits per heavy atom. The van der Waals surface area contributed by atoms with Gasteiger partial charge in [0.25, 0.3) is 0 Å². The van der Waals surface area contributed by atoms with Crippen LogP contribution in [0.25, 0.3) is 21.2 Å². The summed E-state index contributed by atoms with van der Waals surface area (Å²) >= 11 is 1.80. The fraction of sp³-hybridized carbons (Fsp3) is 0.440. The Balaban J connectivity index is 1.48. The average molecular weight is 423 g/mol. The van der Waals surface area contributed by atoms with Gasteiger partial charge < -0.3 is 14.4 Å². The van der Waals surface area contributed by atoms with Crippen LogP contribution in [0.3, 0.4) is 0 Å². The van der Waals surface area contributed by atoms with Crippen molar-refractivity contribution in [1.82, 2.24) is 9.80 Å². The Hall–Kier alpha value is -2.08. The van der Waals surface area contributed by atoms with Crippen LogP contribution in [0, 0.1) is 0 Å². The highest BCUT2D eigenvalue weighted by atomic mass is 32.1. The van der Waals surface area contributed by atoms with Crippen molar-refractivity contribution in [3.05, 3.63) is 47.3 Å². The van der Waals surface area contributed by atoms with Crippen LogP contribution in [0.5, 0.6) is 11.5 Å². The molecule has 0 N–H and O–H groups in total. The van der Waals surface area contributed by atoms with Crippen molar-refractivity contribution in [2.24, 2.45) is 0 Å². The van der Waals surface area contributed by atoms with Crippen molar-refractivity contribution in [3.63, 3.8) is 0 Å². The Labute approximate surface area is 183 Å². The third-order valence-electron chi connectivity index (χ3n) is 6.66. The molecule has 1 fully saturated rings. The number of piperidine rings is 1. The lowest BCUT2D eigenvalue weighted by molar-refractivity contribution is 0.0993. The second kappa shape index (κ2) is 8.58. The second-order valence-electron chi connectivity index (χ2n) is 8.30. The molecule has 4 nitrogen and oxygen atoms in total. The first kappa shape index (κ1) is 19.9. The Morgan fingerprint density at radius 3 is 2.77 bits per heavy atom. The van der Waals surface area contributed by atoms with Gasteiger partial charge in [-0.05, 0) is 61.6 Å². The average Bonchev–Trinajstić information content (AvgIpc) is 3.11. The van der Waals surface area contributed by atoms with Gasteiger partial charge in [0, 0.05) is 40.3 Å². The number of ether oxygens (including phenoxy) is 2. The van der Waals surface area contributed by atoms with Crippen LogP contribution in [0.15, 0.2) is 41.8 Å². The van der Waals surface area contributed by atoms with Crippen molar-refractivity contribution in [1.29, 1.82) is 0 Å². The van der Waals surface area contributed by atoms with Gasteiger partial charge in [-0.2, -0.15) is 0 Å². The Morgan fingerprint density at radius 1 is 1.13 bits per heavy atom. The quantitative estimate of drug-likeness (QED) is 0.573. The van der Waals surface area contributed by atoms with Gasteiger partial charge in [0.05, 0.1) is 7.11 Å². The molecule has 3 heterocycles. The molecule has 1 aromatic heterocycles. The predicted molar refractivity (Wildman–Crippen MR) is 125 cm³/mol. The summed E-state index contributed by atoms with van der Waals surface area (Å²) in [4.78, 5) is 5.19. The van der Waals surface area contributed by atoms with Gasteiger partial charge >= 0.3 is 0 Å². The fourth-order valence-corrected chi connectivity index (χ4v) is 5.89. The lowest BCUT2D eigenvalue weighted by atomic mass is 9.99. The summed E-state index contributed by atoms with van der Waals surface area (Å²) in [6.45, 7) is 8.46. The van der Waals surface area contributed by atoms with Crippen molar-refractivity contribution in [2.45, 2.75) is 32.4 Å². The maximum absolute atomic E-state index is 6.22. The number of benzene rings is 2. The van der Waals surface area contributed by atoms with E-state index < -0.39 is 0 Å². The second-order valence-corrected chi connectivity index (χ2v) is 9.21. The summed E-state index contributed by atoms with van der Waals surface area (Å²) in [6, 6.07) is 13.7. The molecular formula is C25H30N2O2S. The van der Waals surface area contributed by atoms with Gasteiger partial charge in [-0.25, -0.2) is 0 Å². The molecule has 1 saturated heterocycles. The van der Waals surface area contributed by atoms with Crippen molar-refractivity contribution < 1.29 is 9.47 Å². The van der Waals surface area contributed by atoms with E-state index in [1.54, 1.807) is 18.4 Å². The minimum absolute atomic E-state index is 0.638. The van der Waals surface area contributed by atoms with Crippen LogP contribution < -0.4 is 9.47 Å². The summed E-state index contributed by atoms with van der Waals surface area (Å²) in [5, 5.41) is 3.57. The number of thiophene rings is 1. The van der Waals surface area contributed by atoms with Crippen LogP contribution >= 0.6 is 11.3 Å². The number of rotatable bonds is 4. The summed E-state index contributed by atoms with van der Waals surface area (Å²) in [5.41, 5.74) is 3.74. The van der Waals surface area contributed by atoms with Crippen LogP contribution in [-0.4, -0.2) is 55.7 Å². The molecule has 0 saturated carbocycles. The summed E-state index contributed by atoms with van der Waals surface area (Å²) in [7, 11) is 1.75. The minimum Gasteiger partial charge on any atom is -0.493 e. The molecule has 0 aliphatic carbocycles. The molecule has 5 rings (SSSR count). The molecule has 0 atom stereocenters. The van der Waals surface area contributed by atoms with E-state index in [9.17, 15) is 0 Å². The molecule has 2 aliphatic heterocycles. The Bertz CT molecular complexity index is 1020.